The number of amides is 1. The molecule has 0 bridgehead atoms. The molecule has 0 aliphatic carbocycles. The first-order chi connectivity index (χ1) is 7.29. The van der Waals surface area contributed by atoms with Crippen LogP contribution < -0.4 is 0 Å². The fourth-order valence-electron chi connectivity index (χ4n) is 1.62. The zero-order valence-electron chi connectivity index (χ0n) is 10.0. The number of quaternary nitrogens is 1. The SMILES string of the molecule is CC[N+](CC)(CC)N(C(=O)OC)S(=O)(=O)O. The number of methoxy groups -OCH3 is 1. The second-order valence-electron chi connectivity index (χ2n) is 3.23. The van der Waals surface area contributed by atoms with E-state index in [-0.39, 0.29) is 4.59 Å². The average Bonchev–Trinajstić information content (AvgIpc) is 2.23. The average molecular weight is 255 g/mol. The number of carbonyl (C=O) groups is 1. The summed E-state index contributed by atoms with van der Waals surface area (Å²) < 4.78 is 36.1. The fourth-order valence-corrected chi connectivity index (χ4v) is 2.67. The molecule has 8 heteroatoms. The maximum Gasteiger partial charge on any atom is 0.471 e. The predicted octanol–water partition coefficient (Wildman–Crippen LogP) is 0.649. The van der Waals surface area contributed by atoms with Crippen molar-refractivity contribution in [2.45, 2.75) is 20.8 Å². The molecule has 96 valence electrons. The molecule has 0 rings (SSSR count). The molecular formula is C8H19N2O5S+. The monoisotopic (exact) mass is 255 g/mol. The highest BCUT2D eigenvalue weighted by Crippen LogP contribution is 2.17. The molecule has 0 fully saturated rings. The molecule has 0 spiro atoms. The van der Waals surface area contributed by atoms with E-state index >= 15 is 0 Å². The molecule has 0 unspecified atom stereocenters. The van der Waals surface area contributed by atoms with Gasteiger partial charge in [0.25, 0.3) is 0 Å². The van der Waals surface area contributed by atoms with Crippen molar-refractivity contribution in [2.75, 3.05) is 26.7 Å². The Morgan fingerprint density at radius 1 is 1.25 bits per heavy atom. The van der Waals surface area contributed by atoms with E-state index in [0.29, 0.717) is 24.0 Å². The molecule has 0 radical (unpaired) electrons. The largest absolute Gasteiger partial charge is 0.471 e. The number of hydrogen-bond acceptors (Lipinski definition) is 4. The van der Waals surface area contributed by atoms with Crippen molar-refractivity contribution in [3.05, 3.63) is 0 Å². The van der Waals surface area contributed by atoms with Gasteiger partial charge in [-0.25, -0.2) is 4.79 Å². The first-order valence-electron chi connectivity index (χ1n) is 5.01. The van der Waals surface area contributed by atoms with Gasteiger partial charge in [-0.2, -0.15) is 13.0 Å². The van der Waals surface area contributed by atoms with Gasteiger partial charge >= 0.3 is 16.4 Å². The maximum atomic E-state index is 11.4. The Hall–Kier alpha value is -0.860. The molecule has 0 atom stereocenters. The molecule has 0 aliphatic rings. The lowest BCUT2D eigenvalue weighted by Gasteiger charge is -2.39. The minimum absolute atomic E-state index is 0.203. The minimum atomic E-state index is -4.64. The lowest BCUT2D eigenvalue weighted by molar-refractivity contribution is -1.00. The molecule has 0 aromatic heterocycles. The summed E-state index contributed by atoms with van der Waals surface area (Å²) in [6.07, 6.45) is -1.09. The summed E-state index contributed by atoms with van der Waals surface area (Å²) in [5, 5.41) is 0. The number of hydrogen-bond donors (Lipinski definition) is 1. The van der Waals surface area contributed by atoms with Crippen LogP contribution in [0.4, 0.5) is 4.79 Å². The van der Waals surface area contributed by atoms with Crippen LogP contribution in [0, 0.1) is 0 Å². The minimum Gasteiger partial charge on any atom is -0.449 e. The van der Waals surface area contributed by atoms with E-state index in [9.17, 15) is 13.2 Å². The maximum absolute atomic E-state index is 11.4. The van der Waals surface area contributed by atoms with Crippen LogP contribution in [0.5, 0.6) is 0 Å². The van der Waals surface area contributed by atoms with Crippen LogP contribution in [-0.2, 0) is 15.0 Å². The quantitative estimate of drug-likeness (QED) is 0.443. The van der Waals surface area contributed by atoms with Crippen molar-refractivity contribution in [1.29, 1.82) is 0 Å². The number of carbonyl (C=O) groups excluding carboxylic acids is 1. The highest BCUT2D eigenvalue weighted by Gasteiger charge is 2.44. The first kappa shape index (κ1) is 15.1. The van der Waals surface area contributed by atoms with Crippen LogP contribution >= 0.6 is 0 Å². The third-order valence-electron chi connectivity index (χ3n) is 2.70. The Bertz CT molecular complexity index is 328. The van der Waals surface area contributed by atoms with Crippen molar-refractivity contribution in [2.24, 2.45) is 0 Å². The smallest absolute Gasteiger partial charge is 0.449 e. The second-order valence-corrected chi connectivity index (χ2v) is 4.48. The molecule has 0 heterocycles. The molecule has 1 N–H and O–H groups in total. The highest BCUT2D eigenvalue weighted by molar-refractivity contribution is 7.83. The molecular weight excluding hydrogens is 236 g/mol. The molecule has 16 heavy (non-hydrogen) atoms. The Kier molecular flexibility index (Phi) is 5.17. The van der Waals surface area contributed by atoms with E-state index < -0.39 is 16.4 Å². The summed E-state index contributed by atoms with van der Waals surface area (Å²) in [4.78, 5) is 11.4. The van der Waals surface area contributed by atoms with Crippen molar-refractivity contribution < 1.29 is 27.1 Å². The van der Waals surface area contributed by atoms with Gasteiger partial charge in [0.15, 0.2) is 0 Å². The molecule has 1 amide bonds. The summed E-state index contributed by atoms with van der Waals surface area (Å²) in [5.74, 6) is 0. The van der Waals surface area contributed by atoms with Crippen molar-refractivity contribution in [3.63, 3.8) is 0 Å². The van der Waals surface area contributed by atoms with Crippen LogP contribution in [0.25, 0.3) is 0 Å². The third kappa shape index (κ3) is 2.83. The van der Waals surface area contributed by atoms with Crippen LogP contribution in [0.15, 0.2) is 0 Å². The van der Waals surface area contributed by atoms with Gasteiger partial charge in [-0.15, -0.1) is 0 Å². The van der Waals surface area contributed by atoms with Gasteiger partial charge in [0.2, 0.25) is 0 Å². The van der Waals surface area contributed by atoms with Crippen LogP contribution in [0.2, 0.25) is 0 Å². The lowest BCUT2D eigenvalue weighted by atomic mass is 10.4. The third-order valence-corrected chi connectivity index (χ3v) is 3.63. The topological polar surface area (TPSA) is 83.9 Å². The molecule has 0 saturated heterocycles. The predicted molar refractivity (Wildman–Crippen MR) is 57.7 cm³/mol. The standard InChI is InChI=1S/C8H18N2O5S/c1-5-10(6-2,7-3)9(8(11)15-4)16(12,13)14/h5-7H2,1-4H3/p+1. The van der Waals surface area contributed by atoms with E-state index in [0.717, 1.165) is 7.11 Å². The van der Waals surface area contributed by atoms with Crippen molar-refractivity contribution >= 4 is 16.4 Å². The van der Waals surface area contributed by atoms with Crippen molar-refractivity contribution in [3.8, 4) is 0 Å². The van der Waals surface area contributed by atoms with E-state index in [1.165, 1.54) is 0 Å². The van der Waals surface area contributed by atoms with E-state index in [1.54, 1.807) is 20.8 Å². The lowest BCUT2D eigenvalue weighted by Crippen LogP contribution is -2.63. The van der Waals surface area contributed by atoms with Crippen LogP contribution in [0.3, 0.4) is 0 Å². The Balaban J connectivity index is 5.57. The van der Waals surface area contributed by atoms with Gasteiger partial charge in [-0.3, -0.25) is 4.55 Å². The number of nitrogens with zero attached hydrogens (tertiary/aromatic N) is 2. The molecule has 0 saturated carbocycles. The summed E-state index contributed by atoms with van der Waals surface area (Å²) in [7, 11) is -3.57. The molecule has 0 aromatic rings. The van der Waals surface area contributed by atoms with Gasteiger partial charge in [-0.1, -0.05) is 0 Å². The van der Waals surface area contributed by atoms with Crippen LogP contribution in [-0.4, -0.2) is 54.8 Å². The number of rotatable bonds is 5. The van der Waals surface area contributed by atoms with E-state index in [1.807, 2.05) is 0 Å². The van der Waals surface area contributed by atoms with Gasteiger partial charge < -0.3 is 4.74 Å². The van der Waals surface area contributed by atoms with Gasteiger partial charge in [-0.05, 0) is 25.2 Å². The Morgan fingerprint density at radius 3 is 1.81 bits per heavy atom. The van der Waals surface area contributed by atoms with E-state index in [2.05, 4.69) is 4.74 Å². The first-order valence-corrected chi connectivity index (χ1v) is 6.41. The van der Waals surface area contributed by atoms with Crippen LogP contribution in [0.1, 0.15) is 20.8 Å². The second kappa shape index (κ2) is 5.46. The van der Waals surface area contributed by atoms with Gasteiger partial charge in [0.1, 0.15) is 0 Å². The summed E-state index contributed by atoms with van der Waals surface area (Å²) in [5.41, 5.74) is 0. The molecule has 0 aliphatic heterocycles. The fraction of sp³-hybridized carbons (Fsp3) is 0.875. The molecule has 7 nitrogen and oxygen atoms in total. The summed E-state index contributed by atoms with van der Waals surface area (Å²) in [6, 6.07) is 0. The Labute approximate surface area is 96.0 Å². The summed E-state index contributed by atoms with van der Waals surface area (Å²) in [6.45, 7) is 6.24. The van der Waals surface area contributed by atoms with Gasteiger partial charge in [0, 0.05) is 0 Å². The normalized spacial score (nSPS) is 12.3. The highest BCUT2D eigenvalue weighted by atomic mass is 32.2. The molecule has 0 aromatic carbocycles. The summed E-state index contributed by atoms with van der Waals surface area (Å²) >= 11 is 0. The van der Waals surface area contributed by atoms with Gasteiger partial charge in [0.05, 0.1) is 26.7 Å². The number of ether oxygens (including phenoxy) is 1. The van der Waals surface area contributed by atoms with E-state index in [4.69, 9.17) is 4.55 Å². The zero-order valence-corrected chi connectivity index (χ0v) is 10.8. The van der Waals surface area contributed by atoms with Crippen molar-refractivity contribution in [1.82, 2.24) is 4.41 Å². The Morgan fingerprint density at radius 2 is 1.62 bits per heavy atom. The zero-order chi connectivity index (χ0) is 13.0.